The number of esters is 1. The fraction of sp³-hybridized carbons (Fsp3) is 0.565. The second-order valence-corrected chi connectivity index (χ2v) is 9.63. The van der Waals surface area contributed by atoms with Crippen molar-refractivity contribution in [1.82, 2.24) is 9.88 Å². The van der Waals surface area contributed by atoms with Crippen molar-refractivity contribution >= 4 is 23.0 Å². The molecular weight excluding hydrogens is 368 g/mol. The van der Waals surface area contributed by atoms with Crippen LogP contribution in [0.15, 0.2) is 30.5 Å². The van der Waals surface area contributed by atoms with Crippen LogP contribution in [0, 0.1) is 0 Å². The fourth-order valence-corrected chi connectivity index (χ4v) is 3.08. The molecule has 1 heterocycles. The lowest BCUT2D eigenvalue weighted by atomic mass is 10.0. The van der Waals surface area contributed by atoms with Crippen LogP contribution in [0.1, 0.15) is 61.0 Å². The zero-order chi connectivity index (χ0) is 22.0. The third-order valence-electron chi connectivity index (χ3n) is 4.03. The number of hydrogen-bond acceptors (Lipinski definition) is 5. The highest BCUT2D eigenvalue weighted by Crippen LogP contribution is 2.24. The van der Waals surface area contributed by atoms with E-state index in [0.29, 0.717) is 6.42 Å². The van der Waals surface area contributed by atoms with E-state index < -0.39 is 23.3 Å². The average molecular weight is 403 g/mol. The van der Waals surface area contributed by atoms with Crippen LogP contribution in [0.3, 0.4) is 0 Å². The summed E-state index contributed by atoms with van der Waals surface area (Å²) in [4.78, 5) is 25.5. The molecule has 0 aliphatic carbocycles. The molecule has 2 aromatic rings. The van der Waals surface area contributed by atoms with Crippen LogP contribution in [-0.4, -0.2) is 39.9 Å². The smallest absolute Gasteiger partial charge is 0.419 e. The number of hydrogen-bond donors (Lipinski definition) is 1. The number of carbonyl (C=O) groups excluding carboxylic acids is 2. The van der Waals surface area contributed by atoms with Gasteiger partial charge in [-0.2, -0.15) is 0 Å². The van der Waals surface area contributed by atoms with E-state index in [9.17, 15) is 9.59 Å². The minimum absolute atomic E-state index is 0.103. The van der Waals surface area contributed by atoms with Gasteiger partial charge in [-0.05, 0) is 53.2 Å². The first-order chi connectivity index (χ1) is 13.3. The van der Waals surface area contributed by atoms with Crippen molar-refractivity contribution in [2.45, 2.75) is 85.1 Å². The summed E-state index contributed by atoms with van der Waals surface area (Å²) in [6.45, 7) is 15.0. The van der Waals surface area contributed by atoms with Crippen molar-refractivity contribution in [2.75, 3.05) is 0 Å². The van der Waals surface area contributed by atoms with Gasteiger partial charge in [-0.1, -0.05) is 32.0 Å². The zero-order valence-electron chi connectivity index (χ0n) is 18.8. The van der Waals surface area contributed by atoms with E-state index in [1.807, 2.05) is 79.7 Å². The Labute approximate surface area is 173 Å². The molecule has 1 N–H and O–H groups in total. The topological polar surface area (TPSA) is 69.6 Å². The van der Waals surface area contributed by atoms with Crippen molar-refractivity contribution < 1.29 is 19.1 Å². The molecule has 160 valence electrons. The SMILES string of the molecule is CC(C)NC(Cc1cn(C(=O)OC(C)(C)C)c2ccccc12)C(=O)OC(C)(C)C. The maximum Gasteiger partial charge on any atom is 0.419 e. The van der Waals surface area contributed by atoms with E-state index >= 15 is 0 Å². The molecule has 0 amide bonds. The van der Waals surface area contributed by atoms with E-state index in [0.717, 1.165) is 16.5 Å². The Morgan fingerprint density at radius 2 is 1.59 bits per heavy atom. The van der Waals surface area contributed by atoms with Gasteiger partial charge in [0.2, 0.25) is 0 Å². The monoisotopic (exact) mass is 402 g/mol. The van der Waals surface area contributed by atoms with Crippen molar-refractivity contribution in [3.63, 3.8) is 0 Å². The Morgan fingerprint density at radius 1 is 1.00 bits per heavy atom. The number of rotatable bonds is 5. The quantitative estimate of drug-likeness (QED) is 0.736. The molecule has 1 aromatic heterocycles. The summed E-state index contributed by atoms with van der Waals surface area (Å²) < 4.78 is 12.7. The lowest BCUT2D eigenvalue weighted by Gasteiger charge is -2.25. The predicted octanol–water partition coefficient (Wildman–Crippen LogP) is 4.68. The van der Waals surface area contributed by atoms with Gasteiger partial charge < -0.3 is 14.8 Å². The van der Waals surface area contributed by atoms with Gasteiger partial charge in [-0.25, -0.2) is 4.79 Å². The summed E-state index contributed by atoms with van der Waals surface area (Å²) >= 11 is 0. The van der Waals surface area contributed by atoms with Gasteiger partial charge >= 0.3 is 12.1 Å². The molecule has 0 spiro atoms. The van der Waals surface area contributed by atoms with Crippen LogP contribution < -0.4 is 5.32 Å². The Morgan fingerprint density at radius 3 is 2.14 bits per heavy atom. The summed E-state index contributed by atoms with van der Waals surface area (Å²) in [5.41, 5.74) is 0.471. The lowest BCUT2D eigenvalue weighted by Crippen LogP contribution is -2.45. The highest BCUT2D eigenvalue weighted by Gasteiger charge is 2.28. The molecule has 29 heavy (non-hydrogen) atoms. The first kappa shape index (κ1) is 22.9. The Balaban J connectivity index is 2.40. The van der Waals surface area contributed by atoms with Crippen LogP contribution >= 0.6 is 0 Å². The summed E-state index contributed by atoms with van der Waals surface area (Å²) in [5.74, 6) is -0.305. The van der Waals surface area contributed by atoms with E-state index in [1.54, 1.807) is 6.20 Å². The number of aromatic nitrogens is 1. The van der Waals surface area contributed by atoms with Crippen LogP contribution in [0.5, 0.6) is 0 Å². The number of carbonyl (C=O) groups is 2. The first-order valence-electron chi connectivity index (χ1n) is 10.1. The Hall–Kier alpha value is -2.34. The third kappa shape index (κ3) is 6.60. The molecule has 1 unspecified atom stereocenters. The summed E-state index contributed by atoms with van der Waals surface area (Å²) in [7, 11) is 0. The minimum atomic E-state index is -0.596. The molecule has 0 saturated carbocycles. The van der Waals surface area contributed by atoms with E-state index in [2.05, 4.69) is 5.32 Å². The predicted molar refractivity (Wildman–Crippen MR) is 115 cm³/mol. The summed E-state index contributed by atoms with van der Waals surface area (Å²) in [6, 6.07) is 7.21. The van der Waals surface area contributed by atoms with E-state index in [4.69, 9.17) is 9.47 Å². The van der Waals surface area contributed by atoms with Crippen LogP contribution in [0.25, 0.3) is 10.9 Å². The molecule has 2 rings (SSSR count). The van der Waals surface area contributed by atoms with Gasteiger partial charge in [-0.3, -0.25) is 9.36 Å². The highest BCUT2D eigenvalue weighted by atomic mass is 16.6. The van der Waals surface area contributed by atoms with Crippen LogP contribution in [-0.2, 0) is 20.7 Å². The zero-order valence-corrected chi connectivity index (χ0v) is 18.8. The maximum atomic E-state index is 12.8. The average Bonchev–Trinajstić information content (AvgIpc) is 2.90. The molecule has 0 fully saturated rings. The van der Waals surface area contributed by atoms with Crippen molar-refractivity contribution in [3.05, 3.63) is 36.0 Å². The number of nitrogens with zero attached hydrogens (tertiary/aromatic N) is 1. The Kier molecular flexibility index (Phi) is 6.78. The molecule has 0 radical (unpaired) electrons. The molecule has 0 bridgehead atoms. The first-order valence-corrected chi connectivity index (χ1v) is 10.1. The normalized spacial score (nSPS) is 13.6. The molecule has 0 aliphatic heterocycles. The number of fused-ring (bicyclic) bond motifs is 1. The summed E-state index contributed by atoms with van der Waals surface area (Å²) in [6.07, 6.45) is 1.73. The van der Waals surface area contributed by atoms with Gasteiger partial charge in [0.15, 0.2) is 0 Å². The molecule has 1 atom stereocenters. The van der Waals surface area contributed by atoms with Crippen molar-refractivity contribution in [3.8, 4) is 0 Å². The number of ether oxygens (including phenoxy) is 2. The van der Waals surface area contributed by atoms with Gasteiger partial charge in [0, 0.05) is 24.0 Å². The lowest BCUT2D eigenvalue weighted by molar-refractivity contribution is -0.157. The molecular formula is C23H34N2O4. The Bertz CT molecular complexity index is 869. The number of para-hydroxylation sites is 1. The molecule has 6 heteroatoms. The fourth-order valence-electron chi connectivity index (χ4n) is 3.08. The molecule has 0 aliphatic rings. The van der Waals surface area contributed by atoms with Gasteiger partial charge in [0.05, 0.1) is 5.52 Å². The van der Waals surface area contributed by atoms with Crippen molar-refractivity contribution in [2.24, 2.45) is 0 Å². The number of nitrogens with one attached hydrogen (secondary N) is 1. The van der Waals surface area contributed by atoms with Crippen LogP contribution in [0.4, 0.5) is 4.79 Å². The highest BCUT2D eigenvalue weighted by molar-refractivity contribution is 5.92. The third-order valence-corrected chi connectivity index (χ3v) is 4.03. The minimum Gasteiger partial charge on any atom is -0.459 e. The van der Waals surface area contributed by atoms with Gasteiger partial charge in [0.1, 0.15) is 17.2 Å². The number of benzene rings is 1. The van der Waals surface area contributed by atoms with Gasteiger partial charge in [-0.15, -0.1) is 0 Å². The largest absolute Gasteiger partial charge is 0.459 e. The van der Waals surface area contributed by atoms with E-state index in [-0.39, 0.29) is 12.0 Å². The van der Waals surface area contributed by atoms with E-state index in [1.165, 1.54) is 4.57 Å². The van der Waals surface area contributed by atoms with Crippen LogP contribution in [0.2, 0.25) is 0 Å². The van der Waals surface area contributed by atoms with Gasteiger partial charge in [0.25, 0.3) is 0 Å². The maximum absolute atomic E-state index is 12.8. The molecule has 6 nitrogen and oxygen atoms in total. The second-order valence-electron chi connectivity index (χ2n) is 9.63. The second kappa shape index (κ2) is 8.57. The molecule has 1 aromatic carbocycles. The van der Waals surface area contributed by atoms with Crippen molar-refractivity contribution in [1.29, 1.82) is 0 Å². The molecule has 0 saturated heterocycles. The summed E-state index contributed by atoms with van der Waals surface area (Å²) in [5, 5.41) is 4.21. The standard InChI is InChI=1S/C23H34N2O4/c1-15(2)24-18(20(26)28-22(3,4)5)13-16-14-25(21(27)29-23(6,7)8)19-12-10-9-11-17(16)19/h9-12,14-15,18,24H,13H2,1-8H3.